The van der Waals surface area contributed by atoms with Gasteiger partial charge in [0.15, 0.2) is 0 Å². The molecule has 0 bridgehead atoms. The van der Waals surface area contributed by atoms with Crippen molar-refractivity contribution < 1.29 is 0 Å². The molecular weight excluding hydrogens is 220 g/mol. The third-order valence-corrected chi connectivity index (χ3v) is 4.76. The molecule has 1 heterocycles. The number of nitrogens with two attached hydrogens (primary N) is 1. The zero-order valence-corrected chi connectivity index (χ0v) is 12.8. The van der Waals surface area contributed by atoms with Crippen molar-refractivity contribution in [2.75, 3.05) is 13.1 Å². The Kier molecular flexibility index (Phi) is 7.92. The summed E-state index contributed by atoms with van der Waals surface area (Å²) >= 11 is 0. The first kappa shape index (κ1) is 16.0. The van der Waals surface area contributed by atoms with Crippen LogP contribution in [0, 0.1) is 5.92 Å². The number of hydrogen-bond donors (Lipinski definition) is 1. The van der Waals surface area contributed by atoms with Gasteiger partial charge in [-0.15, -0.1) is 0 Å². The van der Waals surface area contributed by atoms with Crippen LogP contribution in [0.3, 0.4) is 0 Å². The Labute approximate surface area is 114 Å². The summed E-state index contributed by atoms with van der Waals surface area (Å²) in [7, 11) is 0. The molecule has 3 unspecified atom stereocenters. The van der Waals surface area contributed by atoms with Gasteiger partial charge in [-0.1, -0.05) is 46.0 Å². The molecule has 1 fully saturated rings. The lowest BCUT2D eigenvalue weighted by molar-refractivity contribution is 0.0726. The van der Waals surface area contributed by atoms with Crippen LogP contribution >= 0.6 is 0 Å². The Morgan fingerprint density at radius 1 is 1.22 bits per heavy atom. The lowest BCUT2D eigenvalue weighted by Gasteiger charge is -2.42. The van der Waals surface area contributed by atoms with Crippen LogP contribution < -0.4 is 5.73 Å². The van der Waals surface area contributed by atoms with E-state index in [1.807, 2.05) is 0 Å². The van der Waals surface area contributed by atoms with Gasteiger partial charge >= 0.3 is 0 Å². The molecule has 2 heteroatoms. The Morgan fingerprint density at radius 2 is 2.00 bits per heavy atom. The maximum atomic E-state index is 5.98. The molecule has 0 saturated carbocycles. The number of rotatable bonds is 8. The Hall–Kier alpha value is -0.0800. The summed E-state index contributed by atoms with van der Waals surface area (Å²) in [4.78, 5) is 2.69. The van der Waals surface area contributed by atoms with Gasteiger partial charge in [0.1, 0.15) is 0 Å². The number of unbranched alkanes of at least 4 members (excludes halogenated alkanes) is 3. The molecule has 3 atom stereocenters. The molecule has 0 radical (unpaired) electrons. The van der Waals surface area contributed by atoms with E-state index in [-0.39, 0.29) is 0 Å². The van der Waals surface area contributed by atoms with E-state index in [1.165, 1.54) is 57.9 Å². The second-order valence-corrected chi connectivity index (χ2v) is 6.12. The van der Waals surface area contributed by atoms with Crippen LogP contribution in [0.25, 0.3) is 0 Å². The van der Waals surface area contributed by atoms with E-state index in [1.54, 1.807) is 0 Å². The molecule has 1 aliphatic heterocycles. The molecule has 2 N–H and O–H groups in total. The summed E-state index contributed by atoms with van der Waals surface area (Å²) in [6, 6.07) is 1.37. The normalized spacial score (nSPS) is 27.3. The fourth-order valence-corrected chi connectivity index (χ4v) is 3.37. The standard InChI is InChI=1S/C16H34N2/c1-4-6-7-8-9-14(3)18-11-10-15(5-2)12-16(18)13-17/h14-16H,4-13,17H2,1-3H3. The predicted octanol–water partition coefficient (Wildman–Crippen LogP) is 3.79. The van der Waals surface area contributed by atoms with Crippen LogP contribution in [-0.2, 0) is 0 Å². The van der Waals surface area contributed by atoms with Crippen molar-refractivity contribution in [1.82, 2.24) is 4.90 Å². The molecule has 0 spiro atoms. The first-order valence-electron chi connectivity index (χ1n) is 8.18. The van der Waals surface area contributed by atoms with Crippen molar-refractivity contribution in [2.45, 2.75) is 84.2 Å². The number of hydrogen-bond acceptors (Lipinski definition) is 2. The van der Waals surface area contributed by atoms with E-state index in [0.29, 0.717) is 6.04 Å². The van der Waals surface area contributed by atoms with Gasteiger partial charge in [-0.2, -0.15) is 0 Å². The minimum absolute atomic E-state index is 0.643. The van der Waals surface area contributed by atoms with Crippen molar-refractivity contribution in [3.63, 3.8) is 0 Å². The first-order valence-corrected chi connectivity index (χ1v) is 8.18. The Bertz CT molecular complexity index is 205. The molecule has 108 valence electrons. The molecule has 0 aromatic heterocycles. The van der Waals surface area contributed by atoms with Gasteiger partial charge in [-0.25, -0.2) is 0 Å². The van der Waals surface area contributed by atoms with E-state index < -0.39 is 0 Å². The molecule has 0 aromatic rings. The van der Waals surface area contributed by atoms with Crippen molar-refractivity contribution in [3.8, 4) is 0 Å². The third-order valence-electron chi connectivity index (χ3n) is 4.76. The first-order chi connectivity index (χ1) is 8.72. The molecular formula is C16H34N2. The second-order valence-electron chi connectivity index (χ2n) is 6.12. The summed E-state index contributed by atoms with van der Waals surface area (Å²) in [5.74, 6) is 0.919. The fraction of sp³-hybridized carbons (Fsp3) is 1.00. The zero-order valence-electron chi connectivity index (χ0n) is 12.8. The van der Waals surface area contributed by atoms with Crippen LogP contribution in [0.15, 0.2) is 0 Å². The highest BCUT2D eigenvalue weighted by atomic mass is 15.2. The van der Waals surface area contributed by atoms with Crippen molar-refractivity contribution in [1.29, 1.82) is 0 Å². The lowest BCUT2D eigenvalue weighted by atomic mass is 9.87. The highest BCUT2D eigenvalue weighted by Gasteiger charge is 2.29. The molecule has 2 nitrogen and oxygen atoms in total. The summed E-state index contributed by atoms with van der Waals surface area (Å²) in [5, 5.41) is 0. The van der Waals surface area contributed by atoms with E-state index in [4.69, 9.17) is 5.73 Å². The SMILES string of the molecule is CCCCCCC(C)N1CCC(CC)CC1CN. The smallest absolute Gasteiger partial charge is 0.0223 e. The maximum Gasteiger partial charge on any atom is 0.0223 e. The van der Waals surface area contributed by atoms with E-state index >= 15 is 0 Å². The number of likely N-dealkylation sites (tertiary alicyclic amines) is 1. The average molecular weight is 254 g/mol. The predicted molar refractivity (Wildman–Crippen MR) is 80.8 cm³/mol. The number of nitrogens with zero attached hydrogens (tertiary/aromatic N) is 1. The van der Waals surface area contributed by atoms with Crippen LogP contribution in [0.1, 0.15) is 72.1 Å². The minimum atomic E-state index is 0.643. The zero-order chi connectivity index (χ0) is 13.4. The van der Waals surface area contributed by atoms with Gasteiger partial charge in [0.2, 0.25) is 0 Å². The van der Waals surface area contributed by atoms with Gasteiger partial charge in [0.05, 0.1) is 0 Å². The van der Waals surface area contributed by atoms with Crippen molar-refractivity contribution in [2.24, 2.45) is 11.7 Å². The molecule has 0 aliphatic carbocycles. The fourth-order valence-electron chi connectivity index (χ4n) is 3.37. The van der Waals surface area contributed by atoms with E-state index in [0.717, 1.165) is 18.5 Å². The molecule has 18 heavy (non-hydrogen) atoms. The molecule has 0 amide bonds. The summed E-state index contributed by atoms with van der Waals surface area (Å²) in [6.07, 6.45) is 10.9. The van der Waals surface area contributed by atoms with E-state index in [9.17, 15) is 0 Å². The monoisotopic (exact) mass is 254 g/mol. The molecule has 1 saturated heterocycles. The van der Waals surface area contributed by atoms with Crippen LogP contribution in [0.2, 0.25) is 0 Å². The summed E-state index contributed by atoms with van der Waals surface area (Å²) in [6.45, 7) is 9.12. The van der Waals surface area contributed by atoms with Gasteiger partial charge < -0.3 is 5.73 Å². The van der Waals surface area contributed by atoms with Crippen LogP contribution in [0.4, 0.5) is 0 Å². The summed E-state index contributed by atoms with van der Waals surface area (Å²) < 4.78 is 0. The van der Waals surface area contributed by atoms with Crippen molar-refractivity contribution >= 4 is 0 Å². The Morgan fingerprint density at radius 3 is 2.61 bits per heavy atom. The third kappa shape index (κ3) is 4.89. The highest BCUT2D eigenvalue weighted by Crippen LogP contribution is 2.27. The van der Waals surface area contributed by atoms with Crippen LogP contribution in [-0.4, -0.2) is 30.1 Å². The van der Waals surface area contributed by atoms with Crippen LogP contribution in [0.5, 0.6) is 0 Å². The Balaban J connectivity index is 2.33. The molecule has 1 rings (SSSR count). The van der Waals surface area contributed by atoms with Gasteiger partial charge in [0, 0.05) is 18.6 Å². The molecule has 0 aromatic carbocycles. The lowest BCUT2D eigenvalue weighted by Crippen LogP contribution is -2.50. The topological polar surface area (TPSA) is 29.3 Å². The quantitative estimate of drug-likeness (QED) is 0.668. The second kappa shape index (κ2) is 8.92. The average Bonchev–Trinajstić information content (AvgIpc) is 2.42. The number of piperidine rings is 1. The molecule has 1 aliphatic rings. The summed E-state index contributed by atoms with van der Waals surface area (Å²) in [5.41, 5.74) is 5.98. The highest BCUT2D eigenvalue weighted by molar-refractivity contribution is 4.85. The van der Waals surface area contributed by atoms with Gasteiger partial charge in [-0.3, -0.25) is 4.90 Å². The van der Waals surface area contributed by atoms with E-state index in [2.05, 4.69) is 25.7 Å². The van der Waals surface area contributed by atoms with Gasteiger partial charge in [-0.05, 0) is 38.6 Å². The maximum absolute atomic E-state index is 5.98. The largest absolute Gasteiger partial charge is 0.329 e. The van der Waals surface area contributed by atoms with Crippen molar-refractivity contribution in [3.05, 3.63) is 0 Å². The minimum Gasteiger partial charge on any atom is -0.329 e. The van der Waals surface area contributed by atoms with Gasteiger partial charge in [0.25, 0.3) is 0 Å².